The van der Waals surface area contributed by atoms with Gasteiger partial charge < -0.3 is 4.42 Å². The molecule has 0 fully saturated rings. The zero-order valence-electron chi connectivity index (χ0n) is 12.5. The van der Waals surface area contributed by atoms with Crippen LogP contribution in [0, 0.1) is 6.92 Å². The Bertz CT molecular complexity index is 933. The average Bonchev–Trinajstić information content (AvgIpc) is 2.95. The second kappa shape index (κ2) is 6.51. The van der Waals surface area contributed by atoms with Crippen LogP contribution >= 0.6 is 23.3 Å². The van der Waals surface area contributed by atoms with E-state index in [1.807, 2.05) is 19.9 Å². The lowest BCUT2D eigenvalue weighted by Crippen LogP contribution is -2.15. The van der Waals surface area contributed by atoms with Gasteiger partial charge in [0.25, 0.3) is 5.91 Å². The fourth-order valence-electron chi connectivity index (χ4n) is 2.04. The van der Waals surface area contributed by atoms with Crippen LogP contribution in [0.3, 0.4) is 0 Å². The van der Waals surface area contributed by atoms with Crippen LogP contribution in [0.5, 0.6) is 0 Å². The number of amides is 1. The van der Waals surface area contributed by atoms with Crippen molar-refractivity contribution in [1.29, 1.82) is 0 Å². The Kier molecular flexibility index (Phi) is 4.44. The maximum atomic E-state index is 12.3. The zero-order chi connectivity index (χ0) is 16.4. The third-order valence-electron chi connectivity index (χ3n) is 3.08. The molecule has 6 nitrogen and oxygen atoms in total. The first kappa shape index (κ1) is 15.7. The molecule has 0 aliphatic rings. The third kappa shape index (κ3) is 3.27. The van der Waals surface area contributed by atoms with Crippen LogP contribution < -0.4 is 10.7 Å². The summed E-state index contributed by atoms with van der Waals surface area (Å²) in [5.74, 6) is 0.288. The molecular formula is C15H13N3O3S2. The summed E-state index contributed by atoms with van der Waals surface area (Å²) in [4.78, 5) is 28.6. The van der Waals surface area contributed by atoms with E-state index in [2.05, 4.69) is 14.7 Å². The van der Waals surface area contributed by atoms with Crippen molar-refractivity contribution in [2.45, 2.75) is 19.0 Å². The van der Waals surface area contributed by atoms with Gasteiger partial charge in [0, 0.05) is 17.6 Å². The molecule has 0 aliphatic heterocycles. The SMILES string of the molecule is CCSc1nsc(NC(=O)c2cc(=O)c3cccc(C)c3o2)n1. The Balaban J connectivity index is 1.91. The summed E-state index contributed by atoms with van der Waals surface area (Å²) < 4.78 is 9.72. The Morgan fingerprint density at radius 3 is 3.04 bits per heavy atom. The van der Waals surface area contributed by atoms with E-state index in [0.29, 0.717) is 21.3 Å². The van der Waals surface area contributed by atoms with Crippen molar-refractivity contribution in [1.82, 2.24) is 9.36 Å². The Labute approximate surface area is 140 Å². The summed E-state index contributed by atoms with van der Waals surface area (Å²) in [6.07, 6.45) is 0. The van der Waals surface area contributed by atoms with Gasteiger partial charge in [0.2, 0.25) is 10.3 Å². The lowest BCUT2D eigenvalue weighted by atomic mass is 10.1. The number of nitrogens with one attached hydrogen (secondary N) is 1. The number of rotatable bonds is 4. The van der Waals surface area contributed by atoms with Crippen LogP contribution in [0.15, 0.2) is 38.6 Å². The molecular weight excluding hydrogens is 334 g/mol. The van der Waals surface area contributed by atoms with Crippen molar-refractivity contribution >= 4 is 45.3 Å². The highest BCUT2D eigenvalue weighted by Crippen LogP contribution is 2.21. The van der Waals surface area contributed by atoms with E-state index in [1.54, 1.807) is 12.1 Å². The highest BCUT2D eigenvalue weighted by atomic mass is 32.2. The Morgan fingerprint density at radius 2 is 2.26 bits per heavy atom. The number of carbonyl (C=O) groups excluding carboxylic acids is 1. The van der Waals surface area contributed by atoms with E-state index >= 15 is 0 Å². The Morgan fingerprint density at radius 1 is 1.43 bits per heavy atom. The van der Waals surface area contributed by atoms with Crippen molar-refractivity contribution in [2.75, 3.05) is 11.1 Å². The highest BCUT2D eigenvalue weighted by Gasteiger charge is 2.15. The molecule has 118 valence electrons. The maximum absolute atomic E-state index is 12.3. The van der Waals surface area contributed by atoms with Gasteiger partial charge in [0.15, 0.2) is 11.2 Å². The van der Waals surface area contributed by atoms with Gasteiger partial charge in [0.05, 0.1) is 5.39 Å². The predicted molar refractivity (Wildman–Crippen MR) is 91.5 cm³/mol. The quantitative estimate of drug-likeness (QED) is 0.729. The van der Waals surface area contributed by atoms with Crippen molar-refractivity contribution in [3.8, 4) is 0 Å². The first-order chi connectivity index (χ1) is 11.1. The molecule has 0 bridgehead atoms. The number of para-hydroxylation sites is 1. The van der Waals surface area contributed by atoms with Crippen LogP contribution in [0.4, 0.5) is 5.13 Å². The molecule has 0 atom stereocenters. The molecule has 2 aromatic heterocycles. The predicted octanol–water partition coefficient (Wildman–Crippen LogP) is 3.32. The van der Waals surface area contributed by atoms with Crippen LogP contribution in [-0.4, -0.2) is 21.0 Å². The minimum Gasteiger partial charge on any atom is -0.450 e. The average molecular weight is 347 g/mol. The second-order valence-corrected chi connectivity index (χ2v) is 6.68. The number of carbonyl (C=O) groups is 1. The highest BCUT2D eigenvalue weighted by molar-refractivity contribution is 7.99. The fraction of sp³-hybridized carbons (Fsp3) is 0.200. The number of nitrogens with zero attached hydrogens (tertiary/aromatic N) is 2. The molecule has 0 saturated heterocycles. The molecule has 23 heavy (non-hydrogen) atoms. The topological polar surface area (TPSA) is 85.1 Å². The molecule has 0 radical (unpaired) electrons. The van der Waals surface area contributed by atoms with Gasteiger partial charge in [-0.15, -0.1) is 0 Å². The van der Waals surface area contributed by atoms with Gasteiger partial charge in [0.1, 0.15) is 5.58 Å². The van der Waals surface area contributed by atoms with E-state index in [9.17, 15) is 9.59 Å². The molecule has 2 heterocycles. The molecule has 3 rings (SSSR count). The number of anilines is 1. The number of benzene rings is 1. The van der Waals surface area contributed by atoms with E-state index in [4.69, 9.17) is 4.42 Å². The van der Waals surface area contributed by atoms with Crippen LogP contribution in [0.25, 0.3) is 11.0 Å². The molecule has 0 aliphatic carbocycles. The molecule has 1 amide bonds. The van der Waals surface area contributed by atoms with Gasteiger partial charge in [-0.2, -0.15) is 9.36 Å². The molecule has 0 saturated carbocycles. The summed E-state index contributed by atoms with van der Waals surface area (Å²) in [6.45, 7) is 3.82. The number of hydrogen-bond acceptors (Lipinski definition) is 7. The lowest BCUT2D eigenvalue weighted by molar-refractivity contribution is 0.0997. The van der Waals surface area contributed by atoms with Crippen molar-refractivity contribution in [3.63, 3.8) is 0 Å². The minimum absolute atomic E-state index is 0.0447. The number of aryl methyl sites for hydroxylation is 1. The van der Waals surface area contributed by atoms with Gasteiger partial charge in [-0.05, 0) is 24.3 Å². The van der Waals surface area contributed by atoms with Gasteiger partial charge in [-0.1, -0.05) is 30.8 Å². The number of fused-ring (bicyclic) bond motifs is 1. The van der Waals surface area contributed by atoms with Crippen molar-refractivity contribution in [2.24, 2.45) is 0 Å². The van der Waals surface area contributed by atoms with Gasteiger partial charge in [-0.3, -0.25) is 14.9 Å². The fourth-order valence-corrected chi connectivity index (χ4v) is 3.30. The van der Waals surface area contributed by atoms with Gasteiger partial charge >= 0.3 is 0 Å². The maximum Gasteiger partial charge on any atom is 0.293 e. The Hall–Kier alpha value is -2.19. The van der Waals surface area contributed by atoms with E-state index < -0.39 is 5.91 Å². The molecule has 8 heteroatoms. The zero-order valence-corrected chi connectivity index (χ0v) is 14.1. The summed E-state index contributed by atoms with van der Waals surface area (Å²) in [5.41, 5.74) is 0.969. The lowest BCUT2D eigenvalue weighted by Gasteiger charge is -2.04. The number of hydrogen-bond donors (Lipinski definition) is 1. The molecule has 0 unspecified atom stereocenters. The standard InChI is InChI=1S/C15H13N3O3S2/c1-3-22-15-17-14(23-18-15)16-13(20)11-7-10(19)9-6-4-5-8(2)12(9)21-11/h4-7H,3H2,1-2H3,(H,16,17,18,20). The smallest absolute Gasteiger partial charge is 0.293 e. The summed E-state index contributed by atoms with van der Waals surface area (Å²) in [7, 11) is 0. The molecule has 3 aromatic rings. The van der Waals surface area contributed by atoms with Crippen LogP contribution in [-0.2, 0) is 0 Å². The minimum atomic E-state index is -0.517. The molecule has 0 spiro atoms. The van der Waals surface area contributed by atoms with Crippen LogP contribution in [0.1, 0.15) is 23.0 Å². The molecule has 1 N–H and O–H groups in total. The first-order valence-electron chi connectivity index (χ1n) is 6.90. The number of thioether (sulfide) groups is 1. The van der Waals surface area contributed by atoms with Crippen molar-refractivity contribution in [3.05, 3.63) is 45.8 Å². The van der Waals surface area contributed by atoms with Crippen molar-refractivity contribution < 1.29 is 9.21 Å². The van der Waals surface area contributed by atoms with E-state index in [1.165, 1.54) is 17.8 Å². The number of aromatic nitrogens is 2. The normalized spacial score (nSPS) is 10.9. The van der Waals surface area contributed by atoms with Gasteiger partial charge in [-0.25, -0.2) is 0 Å². The second-order valence-electron chi connectivity index (χ2n) is 4.70. The summed E-state index contributed by atoms with van der Waals surface area (Å²) in [5, 5.41) is 4.05. The van der Waals surface area contributed by atoms with E-state index in [0.717, 1.165) is 22.8 Å². The first-order valence-corrected chi connectivity index (χ1v) is 8.65. The largest absolute Gasteiger partial charge is 0.450 e. The molecule has 1 aromatic carbocycles. The van der Waals surface area contributed by atoms with E-state index in [-0.39, 0.29) is 11.2 Å². The summed E-state index contributed by atoms with van der Waals surface area (Å²) in [6, 6.07) is 6.48. The third-order valence-corrected chi connectivity index (χ3v) is 4.55. The summed E-state index contributed by atoms with van der Waals surface area (Å²) >= 11 is 2.58. The monoisotopic (exact) mass is 347 g/mol. The van der Waals surface area contributed by atoms with Crippen LogP contribution in [0.2, 0.25) is 0 Å².